The predicted molar refractivity (Wildman–Crippen MR) is 149 cm³/mol. The summed E-state index contributed by atoms with van der Waals surface area (Å²) in [4.78, 5) is 29.4. The number of nitrogens with one attached hydrogen (secondary N) is 1. The van der Waals surface area contributed by atoms with Gasteiger partial charge in [-0.2, -0.15) is 0 Å². The highest BCUT2D eigenvalue weighted by Crippen LogP contribution is 2.48. The van der Waals surface area contributed by atoms with Crippen LogP contribution < -0.4 is 4.72 Å². The van der Waals surface area contributed by atoms with Crippen LogP contribution in [0.5, 0.6) is 0 Å². The number of nitrogens with zero attached hydrogens (tertiary/aromatic N) is 1. The van der Waals surface area contributed by atoms with Gasteiger partial charge in [0, 0.05) is 33.6 Å². The Hall–Kier alpha value is -1.84. The molecule has 0 unspecified atom stereocenters. The molecule has 206 valence electrons. The number of esters is 1. The van der Waals surface area contributed by atoms with Crippen LogP contribution in [0.4, 0.5) is 0 Å². The lowest BCUT2D eigenvalue weighted by Gasteiger charge is -2.49. The molecule has 4 atom stereocenters. The number of carbonyl (C=O) groups excluding carboxylic acids is 2. The summed E-state index contributed by atoms with van der Waals surface area (Å²) >= 11 is 18.6. The Morgan fingerprint density at radius 1 is 1.11 bits per heavy atom. The van der Waals surface area contributed by atoms with Crippen molar-refractivity contribution in [1.29, 1.82) is 0 Å². The van der Waals surface area contributed by atoms with E-state index in [-0.39, 0.29) is 24.1 Å². The maximum Gasteiger partial charge on any atom is 0.315 e. The van der Waals surface area contributed by atoms with Crippen LogP contribution in [0.3, 0.4) is 0 Å². The summed E-state index contributed by atoms with van der Waals surface area (Å²) in [6.45, 7) is 1.89. The minimum atomic E-state index is -3.63. The highest BCUT2D eigenvalue weighted by atomic mass is 35.5. The highest BCUT2D eigenvalue weighted by molar-refractivity contribution is 7.89. The van der Waals surface area contributed by atoms with Crippen molar-refractivity contribution in [2.75, 3.05) is 18.2 Å². The molecule has 4 rings (SSSR count). The second-order valence-corrected chi connectivity index (χ2v) is 12.7. The molecule has 7 nitrogen and oxygen atoms in total. The van der Waals surface area contributed by atoms with Gasteiger partial charge in [0.1, 0.15) is 5.92 Å². The second kappa shape index (κ2) is 12.6. The van der Waals surface area contributed by atoms with Crippen molar-refractivity contribution in [2.45, 2.75) is 63.1 Å². The molecule has 0 saturated heterocycles. The molecule has 11 heteroatoms. The molecular formula is C27H31Cl3N2O5S. The van der Waals surface area contributed by atoms with Crippen molar-refractivity contribution in [3.05, 3.63) is 69.2 Å². The number of hydrogen-bond acceptors (Lipinski definition) is 5. The van der Waals surface area contributed by atoms with E-state index in [9.17, 15) is 18.0 Å². The van der Waals surface area contributed by atoms with Gasteiger partial charge in [-0.05, 0) is 55.5 Å². The zero-order valence-corrected chi connectivity index (χ0v) is 24.1. The van der Waals surface area contributed by atoms with Crippen molar-refractivity contribution in [1.82, 2.24) is 9.62 Å². The first-order chi connectivity index (χ1) is 18.2. The van der Waals surface area contributed by atoms with E-state index >= 15 is 0 Å². The van der Waals surface area contributed by atoms with Crippen LogP contribution in [0.25, 0.3) is 0 Å². The predicted octanol–water partition coefficient (Wildman–Crippen LogP) is 5.70. The molecular weight excluding hydrogens is 571 g/mol. The third-order valence-electron chi connectivity index (χ3n) is 7.16. The van der Waals surface area contributed by atoms with Gasteiger partial charge in [0.2, 0.25) is 10.0 Å². The maximum absolute atomic E-state index is 14.2. The zero-order valence-electron chi connectivity index (χ0n) is 21.0. The van der Waals surface area contributed by atoms with Crippen molar-refractivity contribution in [3.8, 4) is 0 Å². The fourth-order valence-corrected chi connectivity index (χ4v) is 7.78. The van der Waals surface area contributed by atoms with Crippen molar-refractivity contribution < 1.29 is 22.7 Å². The van der Waals surface area contributed by atoms with Gasteiger partial charge in [-0.15, -0.1) is 11.6 Å². The number of sulfonamides is 1. The lowest BCUT2D eigenvalue weighted by Crippen LogP contribution is -2.59. The van der Waals surface area contributed by atoms with Gasteiger partial charge in [0.05, 0.1) is 18.4 Å². The number of benzene rings is 2. The van der Waals surface area contributed by atoms with E-state index in [1.807, 2.05) is 0 Å². The van der Waals surface area contributed by atoms with E-state index in [1.165, 1.54) is 0 Å². The topological polar surface area (TPSA) is 92.8 Å². The maximum atomic E-state index is 14.2. The van der Waals surface area contributed by atoms with E-state index < -0.39 is 40.0 Å². The van der Waals surface area contributed by atoms with Gasteiger partial charge in [0.15, 0.2) is 0 Å². The highest BCUT2D eigenvalue weighted by Gasteiger charge is 2.50. The van der Waals surface area contributed by atoms with Crippen LogP contribution in [0.15, 0.2) is 42.5 Å². The van der Waals surface area contributed by atoms with Crippen LogP contribution in [0.1, 0.15) is 72.5 Å². The summed E-state index contributed by atoms with van der Waals surface area (Å²) in [5, 5.41) is 0.729. The Bertz CT molecular complexity index is 1290. The number of alkyl halides is 1. The molecule has 1 heterocycles. The van der Waals surface area contributed by atoms with Gasteiger partial charge in [-0.1, -0.05) is 60.3 Å². The lowest BCUT2D eigenvalue weighted by atomic mass is 9.77. The minimum Gasteiger partial charge on any atom is -0.465 e. The molecule has 38 heavy (non-hydrogen) atoms. The molecule has 1 amide bonds. The Morgan fingerprint density at radius 3 is 2.55 bits per heavy atom. The quantitative estimate of drug-likeness (QED) is 0.294. The van der Waals surface area contributed by atoms with Gasteiger partial charge in [-0.3, -0.25) is 9.59 Å². The SMILES string of the molecule is CCOC(=O)[C@@H]1c2ccccc2C(=O)N([C@H]2CCCC[C@@H]2NS(=O)(=O)CCCCl)[C@H]1c1ccc(Cl)cc1Cl. The Morgan fingerprint density at radius 2 is 1.84 bits per heavy atom. The largest absolute Gasteiger partial charge is 0.465 e. The Kier molecular flexibility index (Phi) is 9.63. The first kappa shape index (κ1) is 29.2. The van der Waals surface area contributed by atoms with Crippen LogP contribution in [0.2, 0.25) is 10.0 Å². The third kappa shape index (κ3) is 6.15. The first-order valence-electron chi connectivity index (χ1n) is 12.8. The smallest absolute Gasteiger partial charge is 0.315 e. The average molecular weight is 602 g/mol. The van der Waals surface area contributed by atoms with Crippen molar-refractivity contribution in [2.24, 2.45) is 0 Å². The summed E-state index contributed by atoms with van der Waals surface area (Å²) < 4.78 is 34.1. The number of rotatable bonds is 9. The molecule has 2 aromatic carbocycles. The van der Waals surface area contributed by atoms with Gasteiger partial charge < -0.3 is 9.64 Å². The third-order valence-corrected chi connectivity index (χ3v) is 9.48. The molecule has 1 aliphatic carbocycles. The van der Waals surface area contributed by atoms with E-state index in [4.69, 9.17) is 39.5 Å². The van der Waals surface area contributed by atoms with E-state index in [2.05, 4.69) is 4.72 Å². The van der Waals surface area contributed by atoms with Crippen LogP contribution in [0, 0.1) is 0 Å². The van der Waals surface area contributed by atoms with Crippen molar-refractivity contribution >= 4 is 56.7 Å². The Labute approximate surface area is 238 Å². The second-order valence-electron chi connectivity index (χ2n) is 9.58. The summed E-state index contributed by atoms with van der Waals surface area (Å²) in [5.41, 5.74) is 1.49. The van der Waals surface area contributed by atoms with Crippen molar-refractivity contribution in [3.63, 3.8) is 0 Å². The number of ether oxygens (including phenoxy) is 1. The van der Waals surface area contributed by atoms with Gasteiger partial charge >= 0.3 is 5.97 Å². The lowest BCUT2D eigenvalue weighted by molar-refractivity contribution is -0.147. The number of halogens is 3. The van der Waals surface area contributed by atoms with Crippen LogP contribution in [-0.4, -0.2) is 55.5 Å². The molecule has 1 fully saturated rings. The van der Waals surface area contributed by atoms with Gasteiger partial charge in [0.25, 0.3) is 5.91 Å². The fourth-order valence-electron chi connectivity index (χ4n) is 5.59. The molecule has 1 saturated carbocycles. The number of amides is 1. The normalized spacial score (nSPS) is 23.7. The number of hydrogen-bond donors (Lipinski definition) is 1. The van der Waals surface area contributed by atoms with Crippen LogP contribution in [-0.2, 0) is 19.6 Å². The summed E-state index contributed by atoms with van der Waals surface area (Å²) in [6.07, 6.45) is 3.06. The van der Waals surface area contributed by atoms with E-state index in [0.717, 1.165) is 12.8 Å². The summed E-state index contributed by atoms with van der Waals surface area (Å²) in [5.74, 6) is -1.50. The molecule has 1 aliphatic heterocycles. The molecule has 0 bridgehead atoms. The first-order valence-corrected chi connectivity index (χ1v) is 15.7. The fraction of sp³-hybridized carbons (Fsp3) is 0.481. The molecule has 2 aromatic rings. The zero-order chi connectivity index (χ0) is 27.4. The minimum absolute atomic E-state index is 0.103. The summed E-state index contributed by atoms with van der Waals surface area (Å²) in [6, 6.07) is 10.1. The van der Waals surface area contributed by atoms with E-state index in [0.29, 0.717) is 46.0 Å². The molecule has 0 spiro atoms. The molecule has 0 radical (unpaired) electrons. The monoisotopic (exact) mass is 600 g/mol. The number of carbonyl (C=O) groups is 2. The average Bonchev–Trinajstić information content (AvgIpc) is 2.88. The Balaban J connectivity index is 1.88. The molecule has 1 N–H and O–H groups in total. The summed E-state index contributed by atoms with van der Waals surface area (Å²) in [7, 11) is -3.63. The van der Waals surface area contributed by atoms with Crippen LogP contribution >= 0.6 is 34.8 Å². The number of fused-ring (bicyclic) bond motifs is 1. The standard InChI is InChI=1S/C27H31Cl3N2O5S/c1-2-37-27(34)24-18-8-3-4-9-19(18)26(33)32(25(24)20-13-12-17(29)16-21(20)30)23-11-6-5-10-22(23)31-38(35,36)15-7-14-28/h3-4,8-9,12-13,16,22-25,31H,2,5-7,10-11,14-15H2,1H3/t22-,23-,24+,25-/m0/s1. The molecule has 2 aliphatic rings. The van der Waals surface area contributed by atoms with E-state index in [1.54, 1.807) is 54.3 Å². The van der Waals surface area contributed by atoms with Gasteiger partial charge in [-0.25, -0.2) is 13.1 Å². The molecule has 0 aromatic heterocycles.